The van der Waals surface area contributed by atoms with Crippen molar-refractivity contribution in [2.45, 2.75) is 26.9 Å². The molecule has 2 unspecified atom stereocenters. The summed E-state index contributed by atoms with van der Waals surface area (Å²) >= 11 is 0. The van der Waals surface area contributed by atoms with E-state index in [1.165, 1.54) is 5.56 Å². The van der Waals surface area contributed by atoms with Gasteiger partial charge in [-0.05, 0) is 23.6 Å². The van der Waals surface area contributed by atoms with Crippen LogP contribution in [0.1, 0.15) is 32.5 Å². The van der Waals surface area contributed by atoms with Gasteiger partial charge in [0.05, 0.1) is 17.0 Å². The predicted octanol–water partition coefficient (Wildman–Crippen LogP) is 2.25. The fourth-order valence-corrected chi connectivity index (χ4v) is 4.99. The van der Waals surface area contributed by atoms with Gasteiger partial charge in [-0.3, -0.25) is 14.6 Å². The number of ketones is 1. The predicted molar refractivity (Wildman–Crippen MR) is 84.4 cm³/mol. The van der Waals surface area contributed by atoms with Crippen LogP contribution in [0.15, 0.2) is 24.3 Å². The fraction of sp³-hybridized carbons (Fsp3) is 0.611. The number of Topliss-reactive ketones (excluding diaryl/α,β-unsaturated/α-hetero) is 1. The Hall–Kier alpha value is -1.39. The molecule has 4 bridgehead atoms. The van der Waals surface area contributed by atoms with Crippen LogP contribution in [0, 0.1) is 16.7 Å². The first-order chi connectivity index (χ1) is 10.4. The molecule has 4 heteroatoms. The number of rotatable bonds is 2. The first-order valence-corrected chi connectivity index (χ1v) is 8.18. The summed E-state index contributed by atoms with van der Waals surface area (Å²) < 4.78 is 0. The highest BCUT2D eigenvalue weighted by atomic mass is 16.3. The van der Waals surface area contributed by atoms with Crippen LogP contribution in [0.3, 0.4) is 0 Å². The quantitative estimate of drug-likeness (QED) is 0.910. The third-order valence-electron chi connectivity index (χ3n) is 6.06. The number of carbonyl (C=O) groups excluding carboxylic acids is 1. The lowest BCUT2D eigenvalue weighted by molar-refractivity contribution is -0.207. The average Bonchev–Trinajstić information content (AvgIpc) is 2.44. The molecule has 0 radical (unpaired) electrons. The molecule has 0 saturated carbocycles. The van der Waals surface area contributed by atoms with Gasteiger partial charge in [0, 0.05) is 26.2 Å². The van der Waals surface area contributed by atoms with Gasteiger partial charge in [-0.1, -0.05) is 32.9 Å². The van der Waals surface area contributed by atoms with Gasteiger partial charge in [-0.2, -0.15) is 0 Å². The number of carbonyl (C=O) groups is 1. The van der Waals surface area contributed by atoms with Crippen molar-refractivity contribution in [2.24, 2.45) is 16.7 Å². The van der Waals surface area contributed by atoms with Gasteiger partial charge < -0.3 is 5.11 Å². The molecule has 5 rings (SSSR count). The molecule has 1 N–H and O–H groups in total. The molecule has 22 heavy (non-hydrogen) atoms. The summed E-state index contributed by atoms with van der Waals surface area (Å²) in [5, 5.41) is 9.52. The van der Waals surface area contributed by atoms with E-state index in [9.17, 15) is 9.90 Å². The van der Waals surface area contributed by atoms with Crippen LogP contribution in [0.2, 0.25) is 0 Å². The third-order valence-corrected chi connectivity index (χ3v) is 6.06. The number of phenols is 1. The summed E-state index contributed by atoms with van der Waals surface area (Å²) in [6, 6.07) is 7.53. The lowest BCUT2D eigenvalue weighted by atomic mass is 9.57. The highest BCUT2D eigenvalue weighted by molar-refractivity contribution is 5.93. The fourth-order valence-electron chi connectivity index (χ4n) is 4.99. The van der Waals surface area contributed by atoms with E-state index in [-0.39, 0.29) is 17.0 Å². The number of benzene rings is 1. The first-order valence-electron chi connectivity index (χ1n) is 8.18. The van der Waals surface area contributed by atoms with E-state index >= 15 is 0 Å². The largest absolute Gasteiger partial charge is 0.508 e. The zero-order chi connectivity index (χ0) is 15.7. The van der Waals surface area contributed by atoms with E-state index < -0.39 is 0 Å². The molecule has 4 saturated heterocycles. The number of hydrogen-bond acceptors (Lipinski definition) is 4. The van der Waals surface area contributed by atoms with Gasteiger partial charge >= 0.3 is 0 Å². The van der Waals surface area contributed by atoms with Gasteiger partial charge in [-0.25, -0.2) is 0 Å². The van der Waals surface area contributed by atoms with Gasteiger partial charge in [0.15, 0.2) is 0 Å². The van der Waals surface area contributed by atoms with Crippen molar-refractivity contribution in [2.75, 3.05) is 26.2 Å². The second kappa shape index (κ2) is 4.33. The molecule has 4 aliphatic rings. The summed E-state index contributed by atoms with van der Waals surface area (Å²) in [5.41, 5.74) is 0.777. The molecule has 4 fully saturated rings. The zero-order valence-electron chi connectivity index (χ0n) is 13.5. The van der Waals surface area contributed by atoms with Gasteiger partial charge in [-0.15, -0.1) is 0 Å². The first kappa shape index (κ1) is 14.2. The topological polar surface area (TPSA) is 43.8 Å². The molecule has 0 amide bonds. The van der Waals surface area contributed by atoms with Crippen molar-refractivity contribution >= 4 is 5.78 Å². The van der Waals surface area contributed by atoms with E-state index in [0.29, 0.717) is 17.5 Å². The van der Waals surface area contributed by atoms with E-state index in [1.54, 1.807) is 12.1 Å². The third kappa shape index (κ3) is 1.68. The normalized spacial score (nSPS) is 43.1. The van der Waals surface area contributed by atoms with Crippen LogP contribution in [0.25, 0.3) is 0 Å². The number of hydrogen-bond donors (Lipinski definition) is 1. The Kier molecular flexibility index (Phi) is 2.80. The van der Waals surface area contributed by atoms with E-state index in [1.807, 2.05) is 12.1 Å². The Labute approximate surface area is 131 Å². The Morgan fingerprint density at radius 3 is 2.14 bits per heavy atom. The second-order valence-electron chi connectivity index (χ2n) is 7.98. The second-order valence-corrected chi connectivity index (χ2v) is 7.98. The van der Waals surface area contributed by atoms with E-state index in [0.717, 1.165) is 26.2 Å². The van der Waals surface area contributed by atoms with E-state index in [4.69, 9.17) is 0 Å². The van der Waals surface area contributed by atoms with Crippen molar-refractivity contribution < 1.29 is 9.90 Å². The molecule has 0 aromatic heterocycles. The van der Waals surface area contributed by atoms with Crippen LogP contribution in [0.5, 0.6) is 5.75 Å². The van der Waals surface area contributed by atoms with Crippen molar-refractivity contribution in [3.8, 4) is 5.75 Å². The average molecular weight is 300 g/mol. The molecule has 4 nitrogen and oxygen atoms in total. The van der Waals surface area contributed by atoms with Crippen molar-refractivity contribution in [1.82, 2.24) is 9.80 Å². The van der Waals surface area contributed by atoms with Gasteiger partial charge in [0.2, 0.25) is 0 Å². The zero-order valence-corrected chi connectivity index (χ0v) is 13.5. The summed E-state index contributed by atoms with van der Waals surface area (Å²) in [4.78, 5) is 18.0. The molecule has 118 valence electrons. The minimum atomic E-state index is -0.228. The summed E-state index contributed by atoms with van der Waals surface area (Å²) in [6.45, 7) is 9.93. The molecule has 4 heterocycles. The van der Waals surface area contributed by atoms with Crippen LogP contribution in [0.4, 0.5) is 0 Å². The number of aromatic hydroxyl groups is 1. The monoisotopic (exact) mass is 300 g/mol. The molecule has 4 aliphatic heterocycles. The molecular weight excluding hydrogens is 276 g/mol. The maximum atomic E-state index is 13.1. The molecule has 0 spiro atoms. The Bertz CT molecular complexity index is 606. The molecule has 2 atom stereocenters. The summed E-state index contributed by atoms with van der Waals surface area (Å²) in [7, 11) is 0. The number of phenolic OH excluding ortho intramolecular Hbond substituents is 1. The van der Waals surface area contributed by atoms with Crippen LogP contribution < -0.4 is 0 Å². The van der Waals surface area contributed by atoms with Crippen molar-refractivity contribution in [1.29, 1.82) is 0 Å². The minimum Gasteiger partial charge on any atom is -0.508 e. The molecule has 0 aliphatic carbocycles. The Morgan fingerprint density at radius 1 is 1.09 bits per heavy atom. The maximum absolute atomic E-state index is 13.1. The SMILES string of the molecule is CC(C)C12CN3CC(C)(CN(C1)C3c1ccc(O)cc1)C2=O. The summed E-state index contributed by atoms with van der Waals surface area (Å²) in [6.07, 6.45) is 0.244. The molecule has 1 aromatic rings. The van der Waals surface area contributed by atoms with Crippen LogP contribution >= 0.6 is 0 Å². The standard InChI is InChI=1S/C18H24N2O2/c1-12(2)18-10-19-8-17(3,16(18)22)9-20(11-18)15(19)13-4-6-14(21)7-5-13/h4-7,12,15,21H,8-11H2,1-3H3. The smallest absolute Gasteiger partial charge is 0.150 e. The Balaban J connectivity index is 1.75. The number of nitrogens with zero attached hydrogens (tertiary/aromatic N) is 2. The summed E-state index contributed by atoms with van der Waals surface area (Å²) in [5.74, 6) is 1.15. The van der Waals surface area contributed by atoms with Crippen molar-refractivity contribution in [3.63, 3.8) is 0 Å². The van der Waals surface area contributed by atoms with E-state index in [2.05, 4.69) is 30.6 Å². The van der Waals surface area contributed by atoms with Gasteiger partial charge in [0.1, 0.15) is 11.5 Å². The van der Waals surface area contributed by atoms with Crippen LogP contribution in [-0.4, -0.2) is 46.9 Å². The highest BCUT2D eigenvalue weighted by Gasteiger charge is 2.64. The van der Waals surface area contributed by atoms with Crippen LogP contribution in [-0.2, 0) is 4.79 Å². The van der Waals surface area contributed by atoms with Crippen molar-refractivity contribution in [3.05, 3.63) is 29.8 Å². The number of piperidine rings is 2. The van der Waals surface area contributed by atoms with Gasteiger partial charge in [0.25, 0.3) is 0 Å². The molecule has 1 aromatic carbocycles. The highest BCUT2D eigenvalue weighted by Crippen LogP contribution is 2.54. The minimum absolute atomic E-state index is 0.210. The maximum Gasteiger partial charge on any atom is 0.150 e. The lowest BCUT2D eigenvalue weighted by Crippen LogP contribution is -2.77. The molecular formula is C18H24N2O2. The Morgan fingerprint density at radius 2 is 1.64 bits per heavy atom. The lowest BCUT2D eigenvalue weighted by Gasteiger charge is -2.66.